The van der Waals surface area contributed by atoms with Crippen LogP contribution in [0.3, 0.4) is 0 Å². The number of halogens is 1. The van der Waals surface area contributed by atoms with E-state index < -0.39 is 11.2 Å². The van der Waals surface area contributed by atoms with Gasteiger partial charge >= 0.3 is 5.69 Å². The van der Waals surface area contributed by atoms with Crippen molar-refractivity contribution in [3.8, 4) is 0 Å². The summed E-state index contributed by atoms with van der Waals surface area (Å²) in [6.07, 6.45) is 2.47. The molecular formula is C7H4FN3O2. The predicted molar refractivity (Wildman–Crippen MR) is 43.1 cm³/mol. The number of rotatable bonds is 0. The maximum Gasteiger partial charge on any atom is 0.357 e. The first-order valence-corrected chi connectivity index (χ1v) is 3.45. The maximum atomic E-state index is 13.0. The lowest BCUT2D eigenvalue weighted by Crippen LogP contribution is -2.26. The van der Waals surface area contributed by atoms with Crippen LogP contribution >= 0.6 is 0 Å². The summed E-state index contributed by atoms with van der Waals surface area (Å²) in [5, 5.41) is 0.0945. The second kappa shape index (κ2) is 2.51. The SMILES string of the molecule is O=c1[nH]c(=O)n(F)c2cnccc12. The van der Waals surface area contributed by atoms with Gasteiger partial charge < -0.3 is 0 Å². The summed E-state index contributed by atoms with van der Waals surface area (Å²) < 4.78 is 13.0. The van der Waals surface area contributed by atoms with E-state index in [1.807, 2.05) is 4.98 Å². The maximum absolute atomic E-state index is 13.0. The molecule has 2 heterocycles. The fourth-order valence-electron chi connectivity index (χ4n) is 1.06. The van der Waals surface area contributed by atoms with Crippen LogP contribution in [0.4, 0.5) is 4.48 Å². The third kappa shape index (κ3) is 1.03. The zero-order valence-electron chi connectivity index (χ0n) is 6.32. The summed E-state index contributed by atoms with van der Waals surface area (Å²) in [6.45, 7) is 0. The molecule has 0 amide bonds. The van der Waals surface area contributed by atoms with E-state index in [2.05, 4.69) is 4.98 Å². The van der Waals surface area contributed by atoms with Gasteiger partial charge in [-0.3, -0.25) is 14.8 Å². The number of pyridine rings is 1. The van der Waals surface area contributed by atoms with Crippen LogP contribution in [-0.2, 0) is 0 Å². The Labute approximate surface area is 70.4 Å². The number of hydrogen-bond donors (Lipinski definition) is 1. The first kappa shape index (κ1) is 7.66. The quantitative estimate of drug-likeness (QED) is 0.612. The van der Waals surface area contributed by atoms with Crippen LogP contribution in [0.1, 0.15) is 0 Å². The van der Waals surface area contributed by atoms with Gasteiger partial charge in [0.25, 0.3) is 5.56 Å². The van der Waals surface area contributed by atoms with Gasteiger partial charge in [-0.2, -0.15) is 0 Å². The van der Waals surface area contributed by atoms with Crippen LogP contribution in [0.15, 0.2) is 28.0 Å². The molecule has 0 atom stereocenters. The van der Waals surface area contributed by atoms with Crippen LogP contribution in [0, 0.1) is 0 Å². The molecule has 6 heteroatoms. The Morgan fingerprint density at radius 2 is 2.23 bits per heavy atom. The highest BCUT2D eigenvalue weighted by Crippen LogP contribution is 2.03. The highest BCUT2D eigenvalue weighted by Gasteiger charge is 2.05. The summed E-state index contributed by atoms with van der Waals surface area (Å²) in [4.78, 5) is 27.1. The molecule has 1 N–H and O–H groups in total. The molecule has 0 aliphatic rings. The van der Waals surface area contributed by atoms with Gasteiger partial charge in [0.2, 0.25) is 0 Å². The summed E-state index contributed by atoms with van der Waals surface area (Å²) in [5.74, 6) is 0. The van der Waals surface area contributed by atoms with Crippen molar-refractivity contribution < 1.29 is 4.48 Å². The highest BCUT2D eigenvalue weighted by molar-refractivity contribution is 5.76. The summed E-state index contributed by atoms with van der Waals surface area (Å²) in [7, 11) is 0. The molecule has 5 nitrogen and oxygen atoms in total. The number of aromatic nitrogens is 3. The van der Waals surface area contributed by atoms with E-state index in [1.165, 1.54) is 12.3 Å². The van der Waals surface area contributed by atoms with Gasteiger partial charge in [0.15, 0.2) is 0 Å². The van der Waals surface area contributed by atoms with E-state index >= 15 is 0 Å². The zero-order valence-corrected chi connectivity index (χ0v) is 6.32. The molecule has 0 radical (unpaired) electrons. The Morgan fingerprint density at radius 1 is 1.46 bits per heavy atom. The Hall–Kier alpha value is -1.98. The molecule has 2 aromatic heterocycles. The third-order valence-corrected chi connectivity index (χ3v) is 1.65. The van der Waals surface area contributed by atoms with E-state index in [-0.39, 0.29) is 15.7 Å². The van der Waals surface area contributed by atoms with Crippen molar-refractivity contribution in [2.45, 2.75) is 0 Å². The molecule has 0 aliphatic carbocycles. The summed E-state index contributed by atoms with van der Waals surface area (Å²) in [5.41, 5.74) is -1.84. The molecular weight excluding hydrogens is 177 g/mol. The minimum absolute atomic E-state index is 0.0945. The van der Waals surface area contributed by atoms with Gasteiger partial charge in [-0.1, -0.05) is 4.48 Å². The van der Waals surface area contributed by atoms with Crippen molar-refractivity contribution >= 4 is 10.9 Å². The largest absolute Gasteiger partial charge is 0.357 e. The van der Waals surface area contributed by atoms with E-state index in [9.17, 15) is 14.1 Å². The average molecular weight is 181 g/mol. The predicted octanol–water partition coefficient (Wildman–Crippen LogP) is -0.183. The van der Waals surface area contributed by atoms with Crippen LogP contribution in [0.25, 0.3) is 10.9 Å². The van der Waals surface area contributed by atoms with Crippen LogP contribution in [0.2, 0.25) is 0 Å². The molecule has 0 unspecified atom stereocenters. The van der Waals surface area contributed by atoms with E-state index in [0.717, 1.165) is 6.20 Å². The average Bonchev–Trinajstić information content (AvgIpc) is 2.15. The molecule has 0 saturated heterocycles. The first-order valence-electron chi connectivity index (χ1n) is 3.45. The Kier molecular flexibility index (Phi) is 1.48. The number of nitrogens with one attached hydrogen (secondary N) is 1. The standard InChI is InChI=1S/C7H4FN3O2/c8-11-5-3-9-2-1-4(5)6(12)10-7(11)13/h1-3H,(H,10,12,13). The van der Waals surface area contributed by atoms with Gasteiger partial charge in [0, 0.05) is 6.20 Å². The van der Waals surface area contributed by atoms with Crippen molar-refractivity contribution in [3.63, 3.8) is 0 Å². The number of fused-ring (bicyclic) bond motifs is 1. The normalized spacial score (nSPS) is 10.5. The number of nitrogens with zero attached hydrogens (tertiary/aromatic N) is 2. The molecule has 0 aromatic carbocycles. The van der Waals surface area contributed by atoms with Crippen molar-refractivity contribution in [1.82, 2.24) is 14.8 Å². The van der Waals surface area contributed by atoms with E-state index in [4.69, 9.17) is 0 Å². The highest BCUT2D eigenvalue weighted by atomic mass is 19.2. The van der Waals surface area contributed by atoms with Crippen molar-refractivity contribution in [2.24, 2.45) is 0 Å². The molecule has 0 fully saturated rings. The van der Waals surface area contributed by atoms with Gasteiger partial charge in [0.1, 0.15) is 5.52 Å². The molecule has 0 bridgehead atoms. The van der Waals surface area contributed by atoms with Crippen molar-refractivity contribution in [1.29, 1.82) is 0 Å². The minimum atomic E-state index is -1.09. The number of aromatic amines is 1. The molecule has 66 valence electrons. The molecule has 2 aromatic rings. The van der Waals surface area contributed by atoms with Gasteiger partial charge in [0.05, 0.1) is 11.6 Å². The summed E-state index contributed by atoms with van der Waals surface area (Å²) >= 11 is 0. The van der Waals surface area contributed by atoms with Gasteiger partial charge in [-0.25, -0.2) is 4.79 Å². The Morgan fingerprint density at radius 3 is 3.00 bits per heavy atom. The molecule has 13 heavy (non-hydrogen) atoms. The fourth-order valence-corrected chi connectivity index (χ4v) is 1.06. The second-order valence-corrected chi connectivity index (χ2v) is 2.43. The smallest absolute Gasteiger partial charge is 0.271 e. The van der Waals surface area contributed by atoms with E-state index in [1.54, 1.807) is 0 Å². The lowest BCUT2D eigenvalue weighted by molar-refractivity contribution is 0.362. The monoisotopic (exact) mass is 181 g/mol. The third-order valence-electron chi connectivity index (χ3n) is 1.65. The van der Waals surface area contributed by atoms with Crippen LogP contribution in [-0.4, -0.2) is 14.8 Å². The van der Waals surface area contributed by atoms with Gasteiger partial charge in [-0.15, -0.1) is 4.79 Å². The Balaban J connectivity index is 3.15. The van der Waals surface area contributed by atoms with E-state index in [0.29, 0.717) is 0 Å². The minimum Gasteiger partial charge on any atom is -0.271 e. The molecule has 2 rings (SSSR count). The molecule has 0 spiro atoms. The lowest BCUT2D eigenvalue weighted by atomic mass is 10.3. The van der Waals surface area contributed by atoms with Crippen LogP contribution in [0.5, 0.6) is 0 Å². The number of hydrogen-bond acceptors (Lipinski definition) is 3. The molecule has 0 saturated carbocycles. The topological polar surface area (TPSA) is 67.8 Å². The van der Waals surface area contributed by atoms with Crippen molar-refractivity contribution in [3.05, 3.63) is 39.3 Å². The first-order chi connectivity index (χ1) is 6.20. The zero-order chi connectivity index (χ0) is 9.42. The Bertz CT molecular complexity index is 572. The lowest BCUT2D eigenvalue weighted by Gasteiger charge is -1.96. The second-order valence-electron chi connectivity index (χ2n) is 2.43. The van der Waals surface area contributed by atoms with Crippen molar-refractivity contribution in [2.75, 3.05) is 0 Å². The number of H-pyrrole nitrogens is 1. The van der Waals surface area contributed by atoms with Crippen LogP contribution < -0.4 is 11.2 Å². The fraction of sp³-hybridized carbons (Fsp3) is 0. The summed E-state index contributed by atoms with van der Waals surface area (Å²) in [6, 6.07) is 1.34. The molecule has 0 aliphatic heterocycles. The van der Waals surface area contributed by atoms with Gasteiger partial charge in [-0.05, 0) is 6.07 Å².